The predicted molar refractivity (Wildman–Crippen MR) is 76.9 cm³/mol. The summed E-state index contributed by atoms with van der Waals surface area (Å²) >= 11 is 1.57. The second-order valence-electron chi connectivity index (χ2n) is 4.48. The first-order valence-electron chi connectivity index (χ1n) is 6.05. The summed E-state index contributed by atoms with van der Waals surface area (Å²) in [7, 11) is -0.564. The van der Waals surface area contributed by atoms with Crippen LogP contribution in [0, 0.1) is 0 Å². The molecule has 6 nitrogen and oxygen atoms in total. The van der Waals surface area contributed by atoms with Crippen molar-refractivity contribution in [1.82, 2.24) is 14.6 Å². The molecule has 1 N–H and O–H groups in total. The van der Waals surface area contributed by atoms with Crippen LogP contribution in [0.1, 0.15) is 23.7 Å². The molecule has 8 heteroatoms. The van der Waals surface area contributed by atoms with Gasteiger partial charge in [0.25, 0.3) is 10.0 Å². The van der Waals surface area contributed by atoms with Crippen LogP contribution >= 0.6 is 11.3 Å². The molecule has 0 saturated carbocycles. The molecule has 1 atom stereocenters. The quantitative estimate of drug-likeness (QED) is 0.880. The number of aromatic nitrogens is 1. The molecule has 2 heterocycles. The highest BCUT2D eigenvalue weighted by molar-refractivity contribution is 7.88. The number of rotatable bonds is 6. The van der Waals surface area contributed by atoms with Gasteiger partial charge in [-0.25, -0.2) is 17.7 Å². The number of thiazole rings is 1. The maximum Gasteiger partial charge on any atom is 0.275 e. The summed E-state index contributed by atoms with van der Waals surface area (Å²) in [6.07, 6.45) is 1.76. The smallest absolute Gasteiger partial charge is 0.275 e. The van der Waals surface area contributed by atoms with Gasteiger partial charge in [-0.15, -0.1) is 11.3 Å². The van der Waals surface area contributed by atoms with E-state index in [0.717, 1.165) is 9.31 Å². The Morgan fingerprint density at radius 1 is 1.45 bits per heavy atom. The number of nitrogens with one attached hydrogen (secondary N) is 1. The van der Waals surface area contributed by atoms with Crippen molar-refractivity contribution < 1.29 is 12.8 Å². The van der Waals surface area contributed by atoms with Gasteiger partial charge in [0.2, 0.25) is 5.09 Å². The molecule has 2 rings (SSSR count). The first-order valence-corrected chi connectivity index (χ1v) is 8.37. The molecule has 0 aliphatic rings. The summed E-state index contributed by atoms with van der Waals surface area (Å²) in [6.45, 7) is 2.45. The highest BCUT2D eigenvalue weighted by Gasteiger charge is 2.21. The monoisotopic (exact) mass is 315 g/mol. The minimum atomic E-state index is -3.51. The van der Waals surface area contributed by atoms with Crippen LogP contribution in [-0.4, -0.2) is 31.8 Å². The summed E-state index contributed by atoms with van der Waals surface area (Å²) in [5.41, 5.74) is 0. The van der Waals surface area contributed by atoms with Crippen molar-refractivity contribution >= 4 is 21.4 Å². The van der Waals surface area contributed by atoms with Crippen molar-refractivity contribution in [3.05, 3.63) is 34.5 Å². The van der Waals surface area contributed by atoms with Gasteiger partial charge in [0.05, 0.1) is 12.6 Å². The van der Waals surface area contributed by atoms with Crippen molar-refractivity contribution in [2.75, 3.05) is 14.1 Å². The van der Waals surface area contributed by atoms with Gasteiger partial charge < -0.3 is 9.73 Å². The SMILES string of the molecule is CC(NCc1ccc(S(=O)(=O)N(C)C)o1)c1nccs1. The van der Waals surface area contributed by atoms with Crippen LogP contribution in [-0.2, 0) is 16.6 Å². The van der Waals surface area contributed by atoms with E-state index < -0.39 is 10.0 Å². The standard InChI is InChI=1S/C12H17N3O3S2/c1-9(12-13-6-7-19-12)14-8-10-4-5-11(18-10)20(16,17)15(2)3/h4-7,9,14H,8H2,1-3H3. The largest absolute Gasteiger partial charge is 0.447 e. The van der Waals surface area contributed by atoms with Gasteiger partial charge in [-0.1, -0.05) is 0 Å². The normalized spacial score (nSPS) is 13.8. The fraction of sp³-hybridized carbons (Fsp3) is 0.417. The molecule has 110 valence electrons. The maximum absolute atomic E-state index is 11.9. The predicted octanol–water partition coefficient (Wildman–Crippen LogP) is 1.84. The number of hydrogen-bond acceptors (Lipinski definition) is 6. The van der Waals surface area contributed by atoms with Crippen LogP contribution in [0.4, 0.5) is 0 Å². The van der Waals surface area contributed by atoms with Crippen molar-refractivity contribution in [3.8, 4) is 0 Å². The van der Waals surface area contributed by atoms with E-state index >= 15 is 0 Å². The van der Waals surface area contributed by atoms with Crippen LogP contribution in [0.2, 0.25) is 0 Å². The third-order valence-corrected chi connectivity index (χ3v) is 5.42. The third-order valence-electron chi connectivity index (χ3n) is 2.78. The number of hydrogen-bond donors (Lipinski definition) is 1. The van der Waals surface area contributed by atoms with E-state index in [2.05, 4.69) is 10.3 Å². The van der Waals surface area contributed by atoms with Crippen molar-refractivity contribution in [2.45, 2.75) is 24.6 Å². The Morgan fingerprint density at radius 3 is 2.80 bits per heavy atom. The van der Waals surface area contributed by atoms with Crippen molar-refractivity contribution in [1.29, 1.82) is 0 Å². The van der Waals surface area contributed by atoms with Crippen LogP contribution < -0.4 is 5.32 Å². The molecule has 0 fully saturated rings. The minimum absolute atomic E-state index is 0.0406. The van der Waals surface area contributed by atoms with Crippen molar-refractivity contribution in [3.63, 3.8) is 0 Å². The number of sulfonamides is 1. The topological polar surface area (TPSA) is 75.4 Å². The van der Waals surface area contributed by atoms with Crippen LogP contribution in [0.5, 0.6) is 0 Å². The fourth-order valence-corrected chi connectivity index (χ4v) is 3.04. The van der Waals surface area contributed by atoms with Gasteiger partial charge in [-0.05, 0) is 19.1 Å². The van der Waals surface area contributed by atoms with Gasteiger partial charge in [0.15, 0.2) is 0 Å². The molecule has 0 aromatic carbocycles. The average molecular weight is 315 g/mol. The molecular weight excluding hydrogens is 298 g/mol. The Kier molecular flexibility index (Phi) is 4.59. The Balaban J connectivity index is 2.00. The Morgan fingerprint density at radius 2 is 2.20 bits per heavy atom. The molecule has 0 aliphatic heterocycles. The summed E-state index contributed by atoms with van der Waals surface area (Å²) in [5.74, 6) is 0.578. The molecule has 20 heavy (non-hydrogen) atoms. The molecule has 0 radical (unpaired) electrons. The van der Waals surface area contributed by atoms with Gasteiger partial charge >= 0.3 is 0 Å². The van der Waals surface area contributed by atoms with Crippen LogP contribution in [0.25, 0.3) is 0 Å². The van der Waals surface area contributed by atoms with Crippen molar-refractivity contribution in [2.24, 2.45) is 0 Å². The molecule has 2 aromatic heterocycles. The molecule has 0 aliphatic carbocycles. The van der Waals surface area contributed by atoms with E-state index in [1.807, 2.05) is 12.3 Å². The maximum atomic E-state index is 11.9. The highest BCUT2D eigenvalue weighted by atomic mass is 32.2. The number of nitrogens with zero attached hydrogens (tertiary/aromatic N) is 2. The first-order chi connectivity index (χ1) is 9.41. The Bertz CT molecular complexity index is 647. The Labute approximate surface area is 122 Å². The van der Waals surface area contributed by atoms with Crippen LogP contribution in [0.15, 0.2) is 33.2 Å². The van der Waals surface area contributed by atoms with E-state index in [9.17, 15) is 8.42 Å². The first kappa shape index (κ1) is 15.2. The van der Waals surface area contributed by atoms with Gasteiger partial charge in [-0.3, -0.25) is 0 Å². The fourth-order valence-electron chi connectivity index (χ4n) is 1.56. The lowest BCUT2D eigenvalue weighted by molar-refractivity contribution is 0.382. The van der Waals surface area contributed by atoms with E-state index in [4.69, 9.17) is 4.42 Å². The third kappa shape index (κ3) is 3.26. The lowest BCUT2D eigenvalue weighted by atomic mass is 10.3. The molecule has 0 spiro atoms. The van der Waals surface area contributed by atoms with Gasteiger partial charge in [0.1, 0.15) is 10.8 Å². The Hall–Kier alpha value is -1.22. The molecule has 0 amide bonds. The number of furan rings is 1. The molecule has 1 unspecified atom stereocenters. The zero-order chi connectivity index (χ0) is 14.8. The van der Waals surface area contributed by atoms with Gasteiger partial charge in [-0.2, -0.15) is 0 Å². The molecule has 2 aromatic rings. The van der Waals surface area contributed by atoms with E-state index in [0.29, 0.717) is 12.3 Å². The second-order valence-corrected chi connectivity index (χ2v) is 7.49. The summed E-state index contributed by atoms with van der Waals surface area (Å²) < 4.78 is 30.2. The average Bonchev–Trinajstić information content (AvgIpc) is 3.07. The molecular formula is C12H17N3O3S2. The highest BCUT2D eigenvalue weighted by Crippen LogP contribution is 2.19. The summed E-state index contributed by atoms with van der Waals surface area (Å²) in [5, 5.41) is 6.10. The van der Waals surface area contributed by atoms with E-state index in [-0.39, 0.29) is 11.1 Å². The molecule has 0 saturated heterocycles. The molecule has 0 bridgehead atoms. The summed E-state index contributed by atoms with van der Waals surface area (Å²) in [6, 6.07) is 3.23. The zero-order valence-electron chi connectivity index (χ0n) is 11.5. The van der Waals surface area contributed by atoms with Gasteiger partial charge in [0, 0.05) is 25.7 Å². The lowest BCUT2D eigenvalue weighted by Gasteiger charge is -2.10. The lowest BCUT2D eigenvalue weighted by Crippen LogP contribution is -2.21. The van der Waals surface area contributed by atoms with E-state index in [1.165, 1.54) is 20.2 Å². The zero-order valence-corrected chi connectivity index (χ0v) is 13.2. The van der Waals surface area contributed by atoms with Crippen LogP contribution in [0.3, 0.4) is 0 Å². The summed E-state index contributed by atoms with van der Waals surface area (Å²) in [4.78, 5) is 4.22. The van der Waals surface area contributed by atoms with E-state index in [1.54, 1.807) is 23.6 Å². The second kappa shape index (κ2) is 6.04. The minimum Gasteiger partial charge on any atom is -0.447 e.